The molecule has 0 atom stereocenters. The molecule has 2 aromatic carbocycles. The quantitative estimate of drug-likeness (QED) is 0.675. The Hall–Kier alpha value is -2.58. The SMILES string of the molecule is CCc1ccccc1N(CC(=O)Nc1ccc(OC2CCN(C)CC2)cc1)S(C)(=O)=O. The fourth-order valence-corrected chi connectivity index (χ4v) is 4.56. The zero-order chi connectivity index (χ0) is 22.4. The van der Waals surface area contributed by atoms with Gasteiger partial charge in [-0.2, -0.15) is 0 Å². The zero-order valence-corrected chi connectivity index (χ0v) is 19.2. The molecular formula is C23H31N3O4S. The van der Waals surface area contributed by atoms with Gasteiger partial charge in [-0.1, -0.05) is 25.1 Å². The highest BCUT2D eigenvalue weighted by atomic mass is 32.2. The average Bonchev–Trinajstić information content (AvgIpc) is 2.74. The third-order valence-electron chi connectivity index (χ3n) is 5.44. The lowest BCUT2D eigenvalue weighted by atomic mass is 10.1. The van der Waals surface area contributed by atoms with Crippen molar-refractivity contribution in [3.05, 3.63) is 54.1 Å². The maximum atomic E-state index is 12.6. The van der Waals surface area contributed by atoms with Crippen LogP contribution in [0.2, 0.25) is 0 Å². The lowest BCUT2D eigenvalue weighted by molar-refractivity contribution is -0.114. The molecule has 1 aliphatic rings. The normalized spacial score (nSPS) is 15.5. The maximum absolute atomic E-state index is 12.6. The number of rotatable bonds is 8. The van der Waals surface area contributed by atoms with Crippen LogP contribution in [0.1, 0.15) is 25.3 Å². The first-order chi connectivity index (χ1) is 14.8. The van der Waals surface area contributed by atoms with Crippen molar-refractivity contribution in [1.29, 1.82) is 0 Å². The summed E-state index contributed by atoms with van der Waals surface area (Å²) in [5.41, 5.74) is 2.00. The van der Waals surface area contributed by atoms with Gasteiger partial charge in [-0.05, 0) is 62.2 Å². The first-order valence-electron chi connectivity index (χ1n) is 10.6. The minimum atomic E-state index is -3.62. The van der Waals surface area contributed by atoms with E-state index < -0.39 is 15.9 Å². The summed E-state index contributed by atoms with van der Waals surface area (Å²) in [5, 5.41) is 2.78. The van der Waals surface area contributed by atoms with E-state index in [0.717, 1.165) is 47.8 Å². The molecule has 0 aromatic heterocycles. The molecule has 7 nitrogen and oxygen atoms in total. The molecule has 8 heteroatoms. The number of benzene rings is 2. The maximum Gasteiger partial charge on any atom is 0.245 e. The van der Waals surface area contributed by atoms with Gasteiger partial charge in [0.25, 0.3) is 0 Å². The van der Waals surface area contributed by atoms with E-state index in [1.165, 1.54) is 0 Å². The van der Waals surface area contributed by atoms with Crippen molar-refractivity contribution in [2.45, 2.75) is 32.3 Å². The van der Waals surface area contributed by atoms with Crippen LogP contribution in [-0.2, 0) is 21.2 Å². The fraction of sp³-hybridized carbons (Fsp3) is 0.435. The third kappa shape index (κ3) is 6.45. The van der Waals surface area contributed by atoms with Gasteiger partial charge in [0.05, 0.1) is 11.9 Å². The molecule has 0 unspecified atom stereocenters. The number of para-hydroxylation sites is 1. The minimum Gasteiger partial charge on any atom is -0.490 e. The fourth-order valence-electron chi connectivity index (χ4n) is 3.68. The number of carbonyl (C=O) groups excluding carboxylic acids is 1. The van der Waals surface area contributed by atoms with E-state index >= 15 is 0 Å². The van der Waals surface area contributed by atoms with Crippen molar-refractivity contribution in [2.75, 3.05) is 42.6 Å². The number of likely N-dealkylation sites (tertiary alicyclic amines) is 1. The zero-order valence-electron chi connectivity index (χ0n) is 18.4. The Labute approximate surface area is 185 Å². The molecule has 31 heavy (non-hydrogen) atoms. The van der Waals surface area contributed by atoms with E-state index in [4.69, 9.17) is 4.74 Å². The van der Waals surface area contributed by atoms with Gasteiger partial charge >= 0.3 is 0 Å². The van der Waals surface area contributed by atoms with Crippen molar-refractivity contribution in [3.8, 4) is 5.75 Å². The number of carbonyl (C=O) groups is 1. The van der Waals surface area contributed by atoms with Gasteiger partial charge in [0.2, 0.25) is 15.9 Å². The van der Waals surface area contributed by atoms with Crippen LogP contribution < -0.4 is 14.4 Å². The summed E-state index contributed by atoms with van der Waals surface area (Å²) >= 11 is 0. The van der Waals surface area contributed by atoms with Gasteiger partial charge in [-0.3, -0.25) is 9.10 Å². The van der Waals surface area contributed by atoms with Crippen LogP contribution in [-0.4, -0.2) is 58.3 Å². The highest BCUT2D eigenvalue weighted by Crippen LogP contribution is 2.24. The number of ether oxygens (including phenoxy) is 1. The van der Waals surface area contributed by atoms with Crippen molar-refractivity contribution < 1.29 is 17.9 Å². The van der Waals surface area contributed by atoms with Crippen LogP contribution in [0.4, 0.5) is 11.4 Å². The molecule has 1 amide bonds. The summed E-state index contributed by atoms with van der Waals surface area (Å²) < 4.78 is 31.9. The summed E-state index contributed by atoms with van der Waals surface area (Å²) in [4.78, 5) is 14.9. The summed E-state index contributed by atoms with van der Waals surface area (Å²) in [6, 6.07) is 14.4. The summed E-state index contributed by atoms with van der Waals surface area (Å²) in [6.07, 6.45) is 3.98. The van der Waals surface area contributed by atoms with Gasteiger partial charge in [0.15, 0.2) is 0 Å². The van der Waals surface area contributed by atoms with Gasteiger partial charge in [-0.15, -0.1) is 0 Å². The second-order valence-corrected chi connectivity index (χ2v) is 9.85. The van der Waals surface area contributed by atoms with E-state index in [0.29, 0.717) is 17.8 Å². The minimum absolute atomic E-state index is 0.207. The number of anilines is 2. The molecule has 0 radical (unpaired) electrons. The predicted molar refractivity (Wildman–Crippen MR) is 124 cm³/mol. The van der Waals surface area contributed by atoms with E-state index in [-0.39, 0.29) is 12.6 Å². The second kappa shape index (κ2) is 10.2. The Balaban J connectivity index is 1.63. The van der Waals surface area contributed by atoms with Crippen molar-refractivity contribution in [3.63, 3.8) is 0 Å². The van der Waals surface area contributed by atoms with Crippen LogP contribution in [0.15, 0.2) is 48.5 Å². The standard InChI is InChI=1S/C23H31N3O4S/c1-4-18-7-5-6-8-22(18)26(31(3,28)29)17-23(27)24-19-9-11-20(12-10-19)30-21-13-15-25(2)16-14-21/h5-12,21H,4,13-17H2,1-3H3,(H,24,27). The van der Waals surface area contributed by atoms with Crippen molar-refractivity contribution in [2.24, 2.45) is 0 Å². The topological polar surface area (TPSA) is 79.0 Å². The molecule has 2 aromatic rings. The van der Waals surface area contributed by atoms with Gasteiger partial charge in [0.1, 0.15) is 18.4 Å². The van der Waals surface area contributed by atoms with Crippen LogP contribution in [0.25, 0.3) is 0 Å². The number of amides is 1. The van der Waals surface area contributed by atoms with Crippen molar-refractivity contribution >= 4 is 27.3 Å². The molecule has 3 rings (SSSR count). The lowest BCUT2D eigenvalue weighted by Crippen LogP contribution is -2.38. The van der Waals surface area contributed by atoms with Crippen LogP contribution in [0, 0.1) is 0 Å². The van der Waals surface area contributed by atoms with Crippen LogP contribution in [0.3, 0.4) is 0 Å². The van der Waals surface area contributed by atoms with Crippen LogP contribution >= 0.6 is 0 Å². The molecule has 1 saturated heterocycles. The smallest absolute Gasteiger partial charge is 0.245 e. The molecule has 1 heterocycles. The molecule has 1 aliphatic heterocycles. The average molecular weight is 446 g/mol. The van der Waals surface area contributed by atoms with Crippen molar-refractivity contribution in [1.82, 2.24) is 4.90 Å². The predicted octanol–water partition coefficient (Wildman–Crippen LogP) is 3.13. The first-order valence-corrected chi connectivity index (χ1v) is 12.4. The number of nitrogens with zero attached hydrogens (tertiary/aromatic N) is 2. The number of sulfonamides is 1. The number of piperidine rings is 1. The van der Waals surface area contributed by atoms with E-state index in [1.807, 2.05) is 31.2 Å². The van der Waals surface area contributed by atoms with Crippen LogP contribution in [0.5, 0.6) is 5.75 Å². The molecule has 0 aliphatic carbocycles. The van der Waals surface area contributed by atoms with Gasteiger partial charge in [-0.25, -0.2) is 8.42 Å². The molecule has 1 fully saturated rings. The van der Waals surface area contributed by atoms with E-state index in [2.05, 4.69) is 17.3 Å². The van der Waals surface area contributed by atoms with Gasteiger partial charge in [0, 0.05) is 18.8 Å². The second-order valence-electron chi connectivity index (χ2n) is 7.94. The molecule has 1 N–H and O–H groups in total. The molecule has 0 spiro atoms. The Morgan fingerprint density at radius 3 is 2.39 bits per heavy atom. The van der Waals surface area contributed by atoms with Gasteiger partial charge < -0.3 is 15.0 Å². The Bertz CT molecular complexity index is 984. The third-order valence-corrected chi connectivity index (χ3v) is 6.56. The number of hydrogen-bond donors (Lipinski definition) is 1. The Kier molecular flexibility index (Phi) is 7.56. The summed E-state index contributed by atoms with van der Waals surface area (Å²) in [6.45, 7) is 3.71. The lowest BCUT2D eigenvalue weighted by Gasteiger charge is -2.29. The molecular weight excluding hydrogens is 414 g/mol. The molecule has 0 saturated carbocycles. The molecule has 168 valence electrons. The number of hydrogen-bond acceptors (Lipinski definition) is 5. The van der Waals surface area contributed by atoms with E-state index in [1.54, 1.807) is 24.3 Å². The number of aryl methyl sites for hydroxylation is 1. The molecule has 0 bridgehead atoms. The first kappa shape index (κ1) is 23.1. The summed E-state index contributed by atoms with van der Waals surface area (Å²) in [5.74, 6) is 0.363. The highest BCUT2D eigenvalue weighted by molar-refractivity contribution is 7.92. The Morgan fingerprint density at radius 2 is 1.77 bits per heavy atom. The monoisotopic (exact) mass is 445 g/mol. The Morgan fingerprint density at radius 1 is 1.13 bits per heavy atom. The largest absolute Gasteiger partial charge is 0.490 e. The summed E-state index contributed by atoms with van der Waals surface area (Å²) in [7, 11) is -1.51. The van der Waals surface area contributed by atoms with E-state index in [9.17, 15) is 13.2 Å². The highest BCUT2D eigenvalue weighted by Gasteiger charge is 2.23. The number of nitrogens with one attached hydrogen (secondary N) is 1.